The predicted molar refractivity (Wildman–Crippen MR) is 189 cm³/mol. The molecule has 17 heteroatoms. The first-order valence-corrected chi connectivity index (χ1v) is 15.9. The highest BCUT2D eigenvalue weighted by atomic mass is 16.5. The zero-order valence-electron chi connectivity index (χ0n) is 27.9. The number of anilines is 1. The first kappa shape index (κ1) is 38.3. The third-order valence-electron chi connectivity index (χ3n) is 7.32. The Morgan fingerprint density at radius 2 is 1.40 bits per heavy atom. The number of carbonyl (C=O) groups excluding carboxylic acids is 4. The fraction of sp³-hybridized carbons (Fsp3) is 0.364. The fourth-order valence-electron chi connectivity index (χ4n) is 4.75. The normalized spacial score (nSPS) is 12.4. The number of nitrogens with zero attached hydrogens (tertiary/aromatic N) is 2. The summed E-state index contributed by atoms with van der Waals surface area (Å²) in [6.07, 6.45) is -0.0116. The Kier molecular flexibility index (Phi) is 14.6. The average molecular weight is 693 g/mol. The van der Waals surface area contributed by atoms with Crippen LogP contribution in [0.25, 0.3) is 11.0 Å². The van der Waals surface area contributed by atoms with Crippen molar-refractivity contribution in [2.45, 2.75) is 64.3 Å². The molecule has 0 fully saturated rings. The van der Waals surface area contributed by atoms with Crippen LogP contribution in [0.1, 0.15) is 43.7 Å². The van der Waals surface area contributed by atoms with Gasteiger partial charge < -0.3 is 53.4 Å². The number of hydrogen-bond acceptors (Lipinski definition) is 9. The largest absolute Gasteiger partial charge is 0.445 e. The minimum absolute atomic E-state index is 0.00321. The molecular weight excluding hydrogens is 648 g/mol. The van der Waals surface area contributed by atoms with Crippen molar-refractivity contribution in [3.8, 4) is 0 Å². The number of ether oxygens (including phenoxy) is 1. The highest BCUT2D eigenvalue weighted by Gasteiger charge is 2.28. The van der Waals surface area contributed by atoms with Crippen molar-refractivity contribution in [2.75, 3.05) is 18.4 Å². The van der Waals surface area contributed by atoms with Gasteiger partial charge in [-0.3, -0.25) is 24.4 Å². The number of rotatable bonds is 17. The van der Waals surface area contributed by atoms with Crippen LogP contribution in [0.4, 0.5) is 10.5 Å². The Balaban J connectivity index is 1.73. The maximum atomic E-state index is 13.6. The third-order valence-corrected chi connectivity index (χ3v) is 7.32. The van der Waals surface area contributed by atoms with Crippen molar-refractivity contribution in [2.24, 2.45) is 32.9 Å². The number of carbonyl (C=O) groups is 4. The molecule has 0 unspecified atom stereocenters. The number of aryl methyl sites for hydroxylation is 1. The van der Waals surface area contributed by atoms with Gasteiger partial charge in [-0.2, -0.15) is 0 Å². The molecule has 0 aliphatic carbocycles. The maximum Gasteiger partial charge on any atom is 0.408 e. The minimum Gasteiger partial charge on any atom is -0.445 e. The first-order chi connectivity index (χ1) is 23.8. The summed E-state index contributed by atoms with van der Waals surface area (Å²) in [6, 6.07) is 11.9. The van der Waals surface area contributed by atoms with Gasteiger partial charge >= 0.3 is 11.7 Å². The number of fused-ring (bicyclic) bond motifs is 1. The van der Waals surface area contributed by atoms with E-state index in [1.807, 2.05) is 6.07 Å². The molecule has 268 valence electrons. The van der Waals surface area contributed by atoms with Gasteiger partial charge in [0.05, 0.1) is 0 Å². The third kappa shape index (κ3) is 12.8. The van der Waals surface area contributed by atoms with Crippen LogP contribution in [-0.2, 0) is 25.7 Å². The van der Waals surface area contributed by atoms with Gasteiger partial charge in [-0.15, -0.1) is 0 Å². The Bertz CT molecular complexity index is 1750. The van der Waals surface area contributed by atoms with Crippen LogP contribution in [0.3, 0.4) is 0 Å². The fourth-order valence-corrected chi connectivity index (χ4v) is 4.75. The molecule has 1 heterocycles. The molecule has 0 bridgehead atoms. The molecule has 0 aliphatic heterocycles. The number of hydrogen-bond donors (Lipinski definition) is 8. The van der Waals surface area contributed by atoms with E-state index in [1.165, 1.54) is 19.1 Å². The lowest BCUT2D eigenvalue weighted by atomic mass is 10.1. The number of alkyl carbamates (subject to hydrolysis) is 1. The van der Waals surface area contributed by atoms with Gasteiger partial charge in [-0.1, -0.05) is 30.3 Å². The van der Waals surface area contributed by atoms with Crippen molar-refractivity contribution >= 4 is 52.4 Å². The first-order valence-electron chi connectivity index (χ1n) is 15.9. The van der Waals surface area contributed by atoms with Crippen molar-refractivity contribution in [1.29, 1.82) is 0 Å². The summed E-state index contributed by atoms with van der Waals surface area (Å²) < 4.78 is 10.5. The van der Waals surface area contributed by atoms with Gasteiger partial charge in [0, 0.05) is 36.3 Å². The van der Waals surface area contributed by atoms with E-state index < -0.39 is 47.6 Å². The average Bonchev–Trinajstić information content (AvgIpc) is 3.06. The van der Waals surface area contributed by atoms with Gasteiger partial charge in [0.25, 0.3) is 0 Å². The molecule has 1 aromatic heterocycles. The molecule has 4 amide bonds. The molecule has 2 aromatic carbocycles. The van der Waals surface area contributed by atoms with E-state index in [2.05, 4.69) is 31.3 Å². The van der Waals surface area contributed by atoms with Crippen LogP contribution >= 0.6 is 0 Å². The second kappa shape index (κ2) is 19.0. The zero-order chi connectivity index (χ0) is 36.6. The monoisotopic (exact) mass is 692 g/mol. The molecule has 12 N–H and O–H groups in total. The topological polar surface area (TPSA) is 285 Å². The molecule has 50 heavy (non-hydrogen) atoms. The lowest BCUT2D eigenvalue weighted by Crippen LogP contribution is -2.55. The summed E-state index contributed by atoms with van der Waals surface area (Å²) in [5.41, 5.74) is 23.2. The van der Waals surface area contributed by atoms with Crippen LogP contribution in [0.5, 0.6) is 0 Å². The lowest BCUT2D eigenvalue weighted by molar-refractivity contribution is -0.131. The van der Waals surface area contributed by atoms with Crippen LogP contribution in [0.2, 0.25) is 0 Å². The number of amides is 4. The van der Waals surface area contributed by atoms with E-state index in [9.17, 15) is 24.0 Å². The zero-order valence-corrected chi connectivity index (χ0v) is 27.9. The van der Waals surface area contributed by atoms with Gasteiger partial charge in [0.1, 0.15) is 30.3 Å². The van der Waals surface area contributed by atoms with Crippen molar-refractivity contribution in [1.82, 2.24) is 16.0 Å². The van der Waals surface area contributed by atoms with E-state index in [1.54, 1.807) is 43.3 Å². The van der Waals surface area contributed by atoms with Crippen molar-refractivity contribution in [3.05, 3.63) is 76.1 Å². The lowest BCUT2D eigenvalue weighted by Gasteiger charge is -2.24. The Morgan fingerprint density at radius 3 is 2.02 bits per heavy atom. The van der Waals surface area contributed by atoms with Gasteiger partial charge in [0.15, 0.2) is 11.9 Å². The number of nitrogens with one attached hydrogen (secondary N) is 4. The highest BCUT2D eigenvalue weighted by Crippen LogP contribution is 2.21. The molecule has 3 rings (SSSR count). The molecule has 17 nitrogen and oxygen atoms in total. The molecule has 0 saturated heterocycles. The van der Waals surface area contributed by atoms with Crippen LogP contribution < -0.4 is 49.8 Å². The summed E-state index contributed by atoms with van der Waals surface area (Å²) in [7, 11) is 0. The minimum atomic E-state index is -1.15. The number of benzene rings is 2. The molecule has 0 radical (unpaired) electrons. The van der Waals surface area contributed by atoms with E-state index >= 15 is 0 Å². The van der Waals surface area contributed by atoms with Crippen LogP contribution in [-0.4, -0.2) is 66.9 Å². The number of guanidine groups is 2. The molecule has 3 aromatic rings. The Hall–Kier alpha value is -6.13. The number of nitrogens with two attached hydrogens (primary N) is 4. The van der Waals surface area contributed by atoms with E-state index in [0.717, 1.165) is 5.56 Å². The molecule has 0 aliphatic rings. The SMILES string of the molecule is Cc1cc(=O)oc2cc(NC(=O)[C@H](CCCN=C(N)N)NC(=O)[C@H](CCCN=C(N)N)NC(=O)[C@@H](C)NC(=O)OCc3ccccc3)ccc12. The van der Waals surface area contributed by atoms with Gasteiger partial charge in [0.2, 0.25) is 17.7 Å². The van der Waals surface area contributed by atoms with E-state index in [-0.39, 0.29) is 50.0 Å². The van der Waals surface area contributed by atoms with E-state index in [0.29, 0.717) is 29.5 Å². The quantitative estimate of drug-likeness (QED) is 0.0415. The Labute approximate surface area is 288 Å². The van der Waals surface area contributed by atoms with Gasteiger partial charge in [-0.25, -0.2) is 9.59 Å². The summed E-state index contributed by atoms with van der Waals surface area (Å²) in [4.78, 5) is 72.4. The van der Waals surface area contributed by atoms with Crippen molar-refractivity contribution < 1.29 is 28.3 Å². The summed E-state index contributed by atoms with van der Waals surface area (Å²) >= 11 is 0. The smallest absolute Gasteiger partial charge is 0.408 e. The predicted octanol–water partition coefficient (Wildman–Crippen LogP) is 0.432. The van der Waals surface area contributed by atoms with Crippen molar-refractivity contribution in [3.63, 3.8) is 0 Å². The summed E-state index contributed by atoms with van der Waals surface area (Å²) in [6.45, 7) is 3.55. The molecule has 3 atom stereocenters. The second-order valence-corrected chi connectivity index (χ2v) is 11.4. The number of aliphatic imine (C=N–C) groups is 2. The molecule has 0 saturated carbocycles. The van der Waals surface area contributed by atoms with E-state index in [4.69, 9.17) is 32.1 Å². The standard InChI is InChI=1S/C33H44N10O7/c1-19-16-27(44)50-26-17-22(12-13-23(19)26)41-29(46)24(10-6-14-38-31(34)35)43-30(47)25(11-7-15-39-32(36)37)42-28(45)20(2)40-33(48)49-18-21-8-4-3-5-9-21/h3-5,8-9,12-13,16-17,20,24-25H,6-7,10-11,14-15,18H2,1-2H3,(H,40,48)(H,41,46)(H,42,45)(H,43,47)(H4,34,35,38)(H4,36,37,39)/t20-,24+,25+/m1/s1. The Morgan fingerprint density at radius 1 is 0.800 bits per heavy atom. The second-order valence-electron chi connectivity index (χ2n) is 11.4. The summed E-state index contributed by atoms with van der Waals surface area (Å²) in [5, 5.41) is 11.2. The molecule has 0 spiro atoms. The molecular formula is C33H44N10O7. The highest BCUT2D eigenvalue weighted by molar-refractivity contribution is 6.00. The van der Waals surface area contributed by atoms with Crippen LogP contribution in [0, 0.1) is 6.92 Å². The maximum absolute atomic E-state index is 13.6. The van der Waals surface area contributed by atoms with Gasteiger partial charge in [-0.05, 0) is 62.8 Å². The summed E-state index contributed by atoms with van der Waals surface area (Å²) in [5.74, 6) is -2.20. The van der Waals surface area contributed by atoms with Crippen LogP contribution in [0.15, 0.2) is 73.8 Å².